The summed E-state index contributed by atoms with van der Waals surface area (Å²) < 4.78 is 15.5. The minimum atomic E-state index is -0.412. The molecule has 0 aromatic carbocycles. The maximum Gasteiger partial charge on any atom is 0.201 e. The van der Waals surface area contributed by atoms with Crippen molar-refractivity contribution in [3.63, 3.8) is 0 Å². The average molecular weight is 225 g/mol. The lowest BCUT2D eigenvalue weighted by atomic mass is 10.4. The molecule has 4 nitrogen and oxygen atoms in total. The molecule has 2 aromatic rings. The highest BCUT2D eigenvalue weighted by Gasteiger charge is 2.14. The largest absolute Gasteiger partial charge is 0.462 e. The molecule has 0 N–H and O–H groups in total. The topological polar surface area (TPSA) is 44.5 Å². The fourth-order valence-electron chi connectivity index (χ4n) is 1.25. The van der Waals surface area contributed by atoms with Crippen LogP contribution in [0.5, 0.6) is 0 Å². The predicted molar refractivity (Wildman–Crippen MR) is 56.6 cm³/mol. The molecular weight excluding hydrogens is 214 g/mol. The van der Waals surface area contributed by atoms with Gasteiger partial charge in [-0.1, -0.05) is 0 Å². The minimum absolute atomic E-state index is 0.412. The highest BCUT2D eigenvalue weighted by molar-refractivity contribution is 7.13. The molecule has 0 spiro atoms. The van der Waals surface area contributed by atoms with Crippen LogP contribution in [0.25, 0.3) is 10.8 Å². The normalized spacial score (nSPS) is 11.1. The third-order valence-corrected chi connectivity index (χ3v) is 2.80. The van der Waals surface area contributed by atoms with Crippen molar-refractivity contribution < 1.29 is 13.9 Å². The summed E-state index contributed by atoms with van der Waals surface area (Å²) in [4.78, 5) is 4.37. The number of ether oxygens (including phenoxy) is 2. The zero-order valence-corrected chi connectivity index (χ0v) is 9.28. The van der Waals surface area contributed by atoms with Crippen LogP contribution in [0.3, 0.4) is 0 Å². The standard InChI is InChI=1S/C10H11NO3S/c1-12-10(13-2)7-6-15-9(11-7)8-4-3-5-14-8/h3-6,10H,1-2H3. The first-order chi connectivity index (χ1) is 7.35. The number of hydrogen-bond acceptors (Lipinski definition) is 5. The van der Waals surface area contributed by atoms with E-state index < -0.39 is 6.29 Å². The van der Waals surface area contributed by atoms with E-state index in [0.29, 0.717) is 0 Å². The van der Waals surface area contributed by atoms with Crippen LogP contribution >= 0.6 is 11.3 Å². The second-order valence-corrected chi connectivity index (χ2v) is 3.72. The van der Waals surface area contributed by atoms with Crippen LogP contribution in [-0.2, 0) is 9.47 Å². The maximum absolute atomic E-state index is 5.25. The molecule has 0 saturated heterocycles. The van der Waals surface area contributed by atoms with Gasteiger partial charge in [0.05, 0.1) is 6.26 Å². The van der Waals surface area contributed by atoms with Crippen LogP contribution in [0.4, 0.5) is 0 Å². The van der Waals surface area contributed by atoms with Crippen LogP contribution in [0.1, 0.15) is 12.0 Å². The Kier molecular flexibility index (Phi) is 3.15. The fourth-order valence-corrected chi connectivity index (χ4v) is 2.03. The summed E-state index contributed by atoms with van der Waals surface area (Å²) in [5.41, 5.74) is 0.761. The van der Waals surface area contributed by atoms with E-state index in [4.69, 9.17) is 13.9 Å². The Bertz CT molecular complexity index is 406. The average Bonchev–Trinajstić information content (AvgIpc) is 2.89. The zero-order valence-electron chi connectivity index (χ0n) is 8.47. The molecule has 0 amide bonds. The minimum Gasteiger partial charge on any atom is -0.462 e. The van der Waals surface area contributed by atoms with Crippen LogP contribution < -0.4 is 0 Å². The van der Waals surface area contributed by atoms with E-state index in [-0.39, 0.29) is 0 Å². The molecule has 0 unspecified atom stereocenters. The molecule has 2 aromatic heterocycles. The second-order valence-electron chi connectivity index (χ2n) is 2.86. The van der Waals surface area contributed by atoms with E-state index in [1.807, 2.05) is 17.5 Å². The molecule has 0 bridgehead atoms. The molecule has 2 heterocycles. The molecule has 0 aliphatic heterocycles. The van der Waals surface area contributed by atoms with Crippen molar-refractivity contribution in [3.8, 4) is 10.8 Å². The molecule has 0 aliphatic carbocycles. The third kappa shape index (κ3) is 2.09. The summed E-state index contributed by atoms with van der Waals surface area (Å²) in [7, 11) is 3.17. The monoisotopic (exact) mass is 225 g/mol. The van der Waals surface area contributed by atoms with E-state index in [0.717, 1.165) is 16.5 Å². The summed E-state index contributed by atoms with van der Waals surface area (Å²) in [6.07, 6.45) is 1.21. The molecule has 0 aliphatic rings. The Hall–Kier alpha value is -1.17. The zero-order chi connectivity index (χ0) is 10.7. The van der Waals surface area contributed by atoms with Gasteiger partial charge < -0.3 is 13.9 Å². The third-order valence-electron chi connectivity index (χ3n) is 1.92. The van der Waals surface area contributed by atoms with Gasteiger partial charge in [-0.2, -0.15) is 0 Å². The molecule has 0 atom stereocenters. The fraction of sp³-hybridized carbons (Fsp3) is 0.300. The maximum atomic E-state index is 5.25. The van der Waals surface area contributed by atoms with Gasteiger partial charge in [0, 0.05) is 19.6 Å². The van der Waals surface area contributed by atoms with Gasteiger partial charge in [0.15, 0.2) is 10.8 Å². The van der Waals surface area contributed by atoms with E-state index in [1.165, 1.54) is 11.3 Å². The molecule has 0 radical (unpaired) electrons. The summed E-state index contributed by atoms with van der Waals surface area (Å²) in [6.45, 7) is 0. The molecule has 0 saturated carbocycles. The lowest BCUT2D eigenvalue weighted by molar-refractivity contribution is -0.108. The number of nitrogens with zero attached hydrogens (tertiary/aromatic N) is 1. The first kappa shape index (κ1) is 10.4. The summed E-state index contributed by atoms with van der Waals surface area (Å²) in [5.74, 6) is 0.761. The summed E-state index contributed by atoms with van der Waals surface area (Å²) in [6, 6.07) is 3.71. The van der Waals surface area contributed by atoms with E-state index in [2.05, 4.69) is 4.98 Å². The molecule has 0 fully saturated rings. The second kappa shape index (κ2) is 4.57. The van der Waals surface area contributed by atoms with Gasteiger partial charge >= 0.3 is 0 Å². The summed E-state index contributed by atoms with van der Waals surface area (Å²) >= 11 is 1.50. The molecule has 80 valence electrons. The van der Waals surface area contributed by atoms with Crippen LogP contribution in [0.2, 0.25) is 0 Å². The van der Waals surface area contributed by atoms with Gasteiger partial charge in [0.25, 0.3) is 0 Å². The van der Waals surface area contributed by atoms with Crippen molar-refractivity contribution in [3.05, 3.63) is 29.5 Å². The van der Waals surface area contributed by atoms with E-state index in [1.54, 1.807) is 20.5 Å². The van der Waals surface area contributed by atoms with Crippen molar-refractivity contribution in [1.82, 2.24) is 4.98 Å². The van der Waals surface area contributed by atoms with Crippen molar-refractivity contribution >= 4 is 11.3 Å². The van der Waals surface area contributed by atoms with Crippen molar-refractivity contribution in [1.29, 1.82) is 0 Å². The molecule has 2 rings (SSSR count). The number of thiazole rings is 1. The number of hydrogen-bond donors (Lipinski definition) is 0. The van der Waals surface area contributed by atoms with Gasteiger partial charge in [0.2, 0.25) is 6.29 Å². The van der Waals surface area contributed by atoms with E-state index in [9.17, 15) is 0 Å². The number of aromatic nitrogens is 1. The van der Waals surface area contributed by atoms with Crippen LogP contribution in [0, 0.1) is 0 Å². The predicted octanol–water partition coefficient (Wildman–Crippen LogP) is 2.69. The Morgan fingerprint density at radius 1 is 1.40 bits per heavy atom. The SMILES string of the molecule is COC(OC)c1csc(-c2ccco2)n1. The first-order valence-corrected chi connectivity index (χ1v) is 5.28. The van der Waals surface area contributed by atoms with Crippen molar-refractivity contribution in [2.45, 2.75) is 6.29 Å². The van der Waals surface area contributed by atoms with Crippen molar-refractivity contribution in [2.24, 2.45) is 0 Å². The Labute approximate surface area is 91.5 Å². The Balaban J connectivity index is 2.24. The van der Waals surface area contributed by atoms with Gasteiger partial charge in [-0.25, -0.2) is 4.98 Å². The van der Waals surface area contributed by atoms with Crippen LogP contribution in [0.15, 0.2) is 28.2 Å². The Morgan fingerprint density at radius 3 is 2.80 bits per heavy atom. The van der Waals surface area contributed by atoms with Crippen molar-refractivity contribution in [2.75, 3.05) is 14.2 Å². The highest BCUT2D eigenvalue weighted by atomic mass is 32.1. The highest BCUT2D eigenvalue weighted by Crippen LogP contribution is 2.27. The van der Waals surface area contributed by atoms with E-state index >= 15 is 0 Å². The molecule has 15 heavy (non-hydrogen) atoms. The van der Waals surface area contributed by atoms with Gasteiger partial charge in [-0.15, -0.1) is 11.3 Å². The molecule has 5 heteroatoms. The number of rotatable bonds is 4. The van der Waals surface area contributed by atoms with Gasteiger partial charge in [-0.05, 0) is 12.1 Å². The lowest BCUT2D eigenvalue weighted by Gasteiger charge is -2.09. The summed E-state index contributed by atoms with van der Waals surface area (Å²) in [5, 5.41) is 2.73. The number of methoxy groups -OCH3 is 2. The smallest absolute Gasteiger partial charge is 0.201 e. The molecular formula is C10H11NO3S. The Morgan fingerprint density at radius 2 is 2.20 bits per heavy atom. The number of furan rings is 1. The van der Waals surface area contributed by atoms with Gasteiger partial charge in [0.1, 0.15) is 5.69 Å². The quantitative estimate of drug-likeness (QED) is 0.750. The lowest BCUT2D eigenvalue weighted by Crippen LogP contribution is -2.03. The van der Waals surface area contributed by atoms with Crippen LogP contribution in [-0.4, -0.2) is 19.2 Å². The first-order valence-electron chi connectivity index (χ1n) is 4.40. The van der Waals surface area contributed by atoms with Gasteiger partial charge in [-0.3, -0.25) is 0 Å².